The molecule has 4 heteroatoms. The molecule has 1 atom stereocenters. The Morgan fingerprint density at radius 3 is 2.65 bits per heavy atom. The molecule has 17 heavy (non-hydrogen) atoms. The average Bonchev–Trinajstić information content (AvgIpc) is 3.10. The molecule has 1 saturated carbocycles. The lowest BCUT2D eigenvalue weighted by Gasteiger charge is -2.25. The normalized spacial score (nSPS) is 17.1. The molecule has 1 aliphatic rings. The molecular weight excluding hydrogens is 216 g/mol. The van der Waals surface area contributed by atoms with Crippen LogP contribution in [0.3, 0.4) is 0 Å². The van der Waals surface area contributed by atoms with Gasteiger partial charge in [0.2, 0.25) is 0 Å². The molecule has 0 radical (unpaired) electrons. The van der Waals surface area contributed by atoms with Crippen LogP contribution >= 0.6 is 0 Å². The first-order valence-corrected chi connectivity index (χ1v) is 5.92. The number of carboxylic acid groups (broad SMARTS) is 1. The predicted octanol–water partition coefficient (Wildman–Crippen LogP) is 1.28. The van der Waals surface area contributed by atoms with E-state index in [1.807, 2.05) is 30.3 Å². The van der Waals surface area contributed by atoms with Gasteiger partial charge in [-0.05, 0) is 24.8 Å². The van der Waals surface area contributed by atoms with Gasteiger partial charge in [0, 0.05) is 13.1 Å². The molecule has 0 heterocycles. The molecule has 1 aromatic carbocycles. The number of hydrogen-bond donors (Lipinski definition) is 2. The van der Waals surface area contributed by atoms with Crippen molar-refractivity contribution >= 4 is 5.97 Å². The van der Waals surface area contributed by atoms with E-state index in [0.717, 1.165) is 18.4 Å². The first-order valence-electron chi connectivity index (χ1n) is 5.92. The minimum atomic E-state index is -0.787. The van der Waals surface area contributed by atoms with Crippen LogP contribution in [-0.2, 0) is 11.2 Å². The molecule has 0 aromatic heterocycles. The van der Waals surface area contributed by atoms with E-state index >= 15 is 0 Å². The molecule has 2 N–H and O–H groups in total. The Morgan fingerprint density at radius 1 is 1.47 bits per heavy atom. The highest BCUT2D eigenvalue weighted by Crippen LogP contribution is 2.20. The third-order valence-electron chi connectivity index (χ3n) is 2.99. The summed E-state index contributed by atoms with van der Waals surface area (Å²) >= 11 is 0. The molecule has 1 aliphatic carbocycles. The first kappa shape index (κ1) is 12.1. The van der Waals surface area contributed by atoms with Crippen LogP contribution in [0.4, 0.5) is 0 Å². The number of rotatable bonds is 6. The molecule has 0 bridgehead atoms. The Balaban J connectivity index is 1.98. The Morgan fingerprint density at radius 2 is 2.12 bits per heavy atom. The van der Waals surface area contributed by atoms with Gasteiger partial charge in [0.25, 0.3) is 0 Å². The molecule has 0 unspecified atom stereocenters. The number of nitrogens with one attached hydrogen (secondary N) is 1. The van der Waals surface area contributed by atoms with E-state index in [0.29, 0.717) is 12.5 Å². The van der Waals surface area contributed by atoms with E-state index in [-0.39, 0.29) is 0 Å². The molecule has 4 nitrogen and oxygen atoms in total. The largest absolute Gasteiger partial charge is 0.480 e. The Kier molecular flexibility index (Phi) is 3.76. The van der Waals surface area contributed by atoms with Crippen molar-refractivity contribution in [3.63, 3.8) is 0 Å². The zero-order valence-corrected chi connectivity index (χ0v) is 9.97. The number of aliphatic carboxylic acids is 1. The molecule has 92 valence electrons. The SMILES string of the molecule is CN(NC1CC1)[C@@H](Cc1ccccc1)C(=O)O. The van der Waals surface area contributed by atoms with Gasteiger partial charge < -0.3 is 5.11 Å². The van der Waals surface area contributed by atoms with E-state index in [1.54, 1.807) is 12.1 Å². The highest BCUT2D eigenvalue weighted by atomic mass is 16.4. The van der Waals surface area contributed by atoms with Crippen LogP contribution in [0, 0.1) is 0 Å². The van der Waals surface area contributed by atoms with E-state index in [4.69, 9.17) is 0 Å². The quantitative estimate of drug-likeness (QED) is 0.728. The summed E-state index contributed by atoms with van der Waals surface area (Å²) in [5, 5.41) is 11.0. The van der Waals surface area contributed by atoms with Gasteiger partial charge in [-0.25, -0.2) is 5.01 Å². The second-order valence-corrected chi connectivity index (χ2v) is 4.56. The zero-order chi connectivity index (χ0) is 12.3. The summed E-state index contributed by atoms with van der Waals surface area (Å²) in [5.74, 6) is -0.787. The van der Waals surface area contributed by atoms with Gasteiger partial charge >= 0.3 is 5.97 Å². The van der Waals surface area contributed by atoms with Crippen LogP contribution in [0.25, 0.3) is 0 Å². The van der Waals surface area contributed by atoms with Crippen molar-refractivity contribution in [2.75, 3.05) is 7.05 Å². The lowest BCUT2D eigenvalue weighted by molar-refractivity contribution is -0.144. The van der Waals surface area contributed by atoms with Crippen LogP contribution in [-0.4, -0.2) is 35.2 Å². The highest BCUT2D eigenvalue weighted by Gasteiger charge is 2.28. The maximum atomic E-state index is 11.3. The Hall–Kier alpha value is -1.39. The van der Waals surface area contributed by atoms with Gasteiger partial charge in [0.05, 0.1) is 0 Å². The average molecular weight is 234 g/mol. The molecular formula is C13H18N2O2. The Labute approximate surface area is 101 Å². The monoisotopic (exact) mass is 234 g/mol. The Bertz CT molecular complexity index is 376. The summed E-state index contributed by atoms with van der Waals surface area (Å²) < 4.78 is 0. The number of nitrogens with zero attached hydrogens (tertiary/aromatic N) is 1. The summed E-state index contributed by atoms with van der Waals surface area (Å²) in [4.78, 5) is 11.3. The second kappa shape index (κ2) is 5.29. The maximum absolute atomic E-state index is 11.3. The van der Waals surface area contributed by atoms with Crippen molar-refractivity contribution in [2.24, 2.45) is 0 Å². The lowest BCUT2D eigenvalue weighted by atomic mass is 10.1. The first-order chi connectivity index (χ1) is 8.16. The zero-order valence-electron chi connectivity index (χ0n) is 9.97. The van der Waals surface area contributed by atoms with Crippen LogP contribution in [0.15, 0.2) is 30.3 Å². The van der Waals surface area contributed by atoms with Crippen LogP contribution in [0.5, 0.6) is 0 Å². The van der Waals surface area contributed by atoms with Crippen molar-refractivity contribution in [1.29, 1.82) is 0 Å². The van der Waals surface area contributed by atoms with Crippen LogP contribution < -0.4 is 5.43 Å². The van der Waals surface area contributed by atoms with Gasteiger partial charge in [-0.1, -0.05) is 30.3 Å². The summed E-state index contributed by atoms with van der Waals surface area (Å²) in [7, 11) is 1.81. The van der Waals surface area contributed by atoms with Gasteiger partial charge in [0.15, 0.2) is 0 Å². The van der Waals surface area contributed by atoms with E-state index in [9.17, 15) is 9.90 Å². The van der Waals surface area contributed by atoms with Gasteiger partial charge in [-0.15, -0.1) is 0 Å². The smallest absolute Gasteiger partial charge is 0.322 e. The summed E-state index contributed by atoms with van der Waals surface area (Å²) in [5.41, 5.74) is 4.25. The third kappa shape index (κ3) is 3.54. The van der Waals surface area contributed by atoms with E-state index in [1.165, 1.54) is 0 Å². The molecule has 0 spiro atoms. The number of hydrazine groups is 1. The van der Waals surface area contributed by atoms with Crippen molar-refractivity contribution in [2.45, 2.75) is 31.3 Å². The van der Waals surface area contributed by atoms with Crippen molar-refractivity contribution in [1.82, 2.24) is 10.4 Å². The van der Waals surface area contributed by atoms with E-state index in [2.05, 4.69) is 5.43 Å². The van der Waals surface area contributed by atoms with Crippen molar-refractivity contribution in [3.8, 4) is 0 Å². The lowest BCUT2D eigenvalue weighted by Crippen LogP contribution is -2.48. The molecule has 1 aromatic rings. The molecule has 1 fully saturated rings. The molecule has 0 aliphatic heterocycles. The summed E-state index contributed by atoms with van der Waals surface area (Å²) in [6, 6.07) is 9.67. The summed E-state index contributed by atoms with van der Waals surface area (Å²) in [6.07, 6.45) is 2.80. The fourth-order valence-corrected chi connectivity index (χ4v) is 1.82. The fourth-order valence-electron chi connectivity index (χ4n) is 1.82. The maximum Gasteiger partial charge on any atom is 0.322 e. The topological polar surface area (TPSA) is 52.6 Å². The summed E-state index contributed by atoms with van der Waals surface area (Å²) in [6.45, 7) is 0. The minimum Gasteiger partial charge on any atom is -0.480 e. The van der Waals surface area contributed by atoms with Gasteiger partial charge in [0.1, 0.15) is 6.04 Å². The third-order valence-corrected chi connectivity index (χ3v) is 2.99. The van der Waals surface area contributed by atoms with Gasteiger partial charge in [-0.2, -0.15) is 0 Å². The standard InChI is InChI=1S/C13H18N2O2/c1-15(14-11-7-8-11)12(13(16)17)9-10-5-3-2-4-6-10/h2-6,11-12,14H,7-9H2,1H3,(H,16,17)/t12-/m0/s1. The molecule has 2 rings (SSSR count). The second-order valence-electron chi connectivity index (χ2n) is 4.56. The number of benzene rings is 1. The highest BCUT2D eigenvalue weighted by molar-refractivity contribution is 5.73. The van der Waals surface area contributed by atoms with Crippen molar-refractivity contribution < 1.29 is 9.90 Å². The van der Waals surface area contributed by atoms with E-state index < -0.39 is 12.0 Å². The minimum absolute atomic E-state index is 0.470. The predicted molar refractivity (Wildman–Crippen MR) is 65.5 cm³/mol. The van der Waals surface area contributed by atoms with Crippen LogP contribution in [0.2, 0.25) is 0 Å². The van der Waals surface area contributed by atoms with Gasteiger partial charge in [-0.3, -0.25) is 10.2 Å². The number of hydrogen-bond acceptors (Lipinski definition) is 3. The molecule has 0 amide bonds. The molecule has 0 saturated heterocycles. The van der Waals surface area contributed by atoms with Crippen LogP contribution in [0.1, 0.15) is 18.4 Å². The van der Waals surface area contributed by atoms with Crippen molar-refractivity contribution in [3.05, 3.63) is 35.9 Å². The fraction of sp³-hybridized carbons (Fsp3) is 0.462. The number of carbonyl (C=O) groups is 1. The number of carboxylic acids is 1. The number of likely N-dealkylation sites (N-methyl/N-ethyl adjacent to an activating group) is 1.